The Labute approximate surface area is 349 Å². The number of rotatable bonds is 41. The van der Waals surface area contributed by atoms with E-state index in [1.807, 2.05) is 0 Å². The summed E-state index contributed by atoms with van der Waals surface area (Å²) < 4.78 is 11.1. The van der Waals surface area contributed by atoms with E-state index in [0.29, 0.717) is 6.42 Å². The van der Waals surface area contributed by atoms with Crippen LogP contribution in [-0.4, -0.2) is 98.7 Å². The summed E-state index contributed by atoms with van der Waals surface area (Å²) in [6, 6.07) is -0.983. The molecule has 1 rings (SSSR count). The summed E-state index contributed by atoms with van der Waals surface area (Å²) in [5.41, 5.74) is 0. The van der Waals surface area contributed by atoms with E-state index in [-0.39, 0.29) is 18.9 Å². The number of unbranched alkanes of at least 4 members (excludes halogenated alkanes) is 30. The molecule has 340 valence electrons. The second-order valence-corrected chi connectivity index (χ2v) is 17.4. The molecule has 0 spiro atoms. The lowest BCUT2D eigenvalue weighted by atomic mass is 9.98. The maximum Gasteiger partial charge on any atom is 0.220 e. The molecule has 1 saturated heterocycles. The number of hydrogen-bond acceptors (Lipinski definition) is 9. The Morgan fingerprint density at radius 2 is 0.912 bits per heavy atom. The molecular weight excluding hydrogens is 723 g/mol. The van der Waals surface area contributed by atoms with Gasteiger partial charge in [0.15, 0.2) is 6.29 Å². The summed E-state index contributed by atoms with van der Waals surface area (Å²) in [5, 5.41) is 65.0. The van der Waals surface area contributed by atoms with Gasteiger partial charge in [-0.2, -0.15) is 0 Å². The van der Waals surface area contributed by atoms with Crippen molar-refractivity contribution < 1.29 is 44.9 Å². The monoisotopic (exact) mass is 816 g/mol. The summed E-state index contributed by atoms with van der Waals surface area (Å²) >= 11 is 0. The molecule has 57 heavy (non-hydrogen) atoms. The number of ether oxygens (including phenoxy) is 2. The van der Waals surface area contributed by atoms with Crippen LogP contribution in [0.25, 0.3) is 0 Å². The van der Waals surface area contributed by atoms with Gasteiger partial charge in [0, 0.05) is 6.42 Å². The highest BCUT2D eigenvalue weighted by Crippen LogP contribution is 2.23. The van der Waals surface area contributed by atoms with Crippen LogP contribution in [0.2, 0.25) is 0 Å². The van der Waals surface area contributed by atoms with Gasteiger partial charge in [0.05, 0.1) is 25.4 Å². The Hall–Kier alpha value is -0.850. The number of carbonyl (C=O) groups excluding carboxylic acids is 1. The first kappa shape index (κ1) is 54.2. The number of hydrogen-bond donors (Lipinski definition) is 7. The summed E-state index contributed by atoms with van der Waals surface area (Å²) in [7, 11) is 0. The zero-order valence-electron chi connectivity index (χ0n) is 37.0. The molecule has 1 heterocycles. The molecule has 0 aromatic heterocycles. The molecule has 0 aliphatic carbocycles. The molecule has 10 nitrogen and oxygen atoms in total. The van der Waals surface area contributed by atoms with E-state index in [0.717, 1.165) is 44.9 Å². The van der Waals surface area contributed by atoms with Crippen molar-refractivity contribution in [1.29, 1.82) is 0 Å². The molecule has 0 radical (unpaired) electrons. The van der Waals surface area contributed by atoms with Crippen LogP contribution < -0.4 is 5.32 Å². The maximum absolute atomic E-state index is 13.0. The van der Waals surface area contributed by atoms with Gasteiger partial charge < -0.3 is 45.4 Å². The first-order valence-electron chi connectivity index (χ1n) is 24.3. The van der Waals surface area contributed by atoms with Crippen LogP contribution in [0.4, 0.5) is 0 Å². The quantitative estimate of drug-likeness (QED) is 0.0298. The molecule has 2 unspecified atom stereocenters. The maximum atomic E-state index is 13.0. The minimum Gasteiger partial charge on any atom is -0.394 e. The summed E-state index contributed by atoms with van der Waals surface area (Å²) in [5.74, 6) is -0.254. The van der Waals surface area contributed by atoms with E-state index in [9.17, 15) is 35.4 Å². The van der Waals surface area contributed by atoms with Gasteiger partial charge in [0.2, 0.25) is 5.91 Å². The van der Waals surface area contributed by atoms with Crippen LogP contribution in [0, 0.1) is 0 Å². The number of aliphatic hydroxyl groups excluding tert-OH is 6. The van der Waals surface area contributed by atoms with Crippen molar-refractivity contribution in [3.05, 3.63) is 0 Å². The highest BCUT2D eigenvalue weighted by Gasteiger charge is 2.44. The minimum atomic E-state index is -1.60. The Bertz CT molecular complexity index is 880. The van der Waals surface area contributed by atoms with Crippen molar-refractivity contribution in [2.45, 2.75) is 281 Å². The third-order valence-electron chi connectivity index (χ3n) is 12.1. The fraction of sp³-hybridized carbons (Fsp3) is 0.979. The Morgan fingerprint density at radius 3 is 1.30 bits per heavy atom. The summed E-state index contributed by atoms with van der Waals surface area (Å²) in [6.07, 6.45) is 31.3. The van der Waals surface area contributed by atoms with Gasteiger partial charge in [0.1, 0.15) is 30.5 Å². The predicted molar refractivity (Wildman–Crippen MR) is 232 cm³/mol. The van der Waals surface area contributed by atoms with Gasteiger partial charge in [-0.3, -0.25) is 4.79 Å². The molecule has 10 heteroatoms. The van der Waals surface area contributed by atoms with Crippen LogP contribution in [0.15, 0.2) is 0 Å². The number of nitrogens with one attached hydrogen (secondary N) is 1. The average Bonchev–Trinajstić information content (AvgIpc) is 3.21. The summed E-state index contributed by atoms with van der Waals surface area (Å²) in [6.45, 7) is 3.60. The van der Waals surface area contributed by atoms with Crippen molar-refractivity contribution in [2.75, 3.05) is 13.2 Å². The van der Waals surface area contributed by atoms with Crippen LogP contribution in [0.3, 0.4) is 0 Å². The highest BCUT2D eigenvalue weighted by molar-refractivity contribution is 5.76. The second-order valence-electron chi connectivity index (χ2n) is 17.4. The van der Waals surface area contributed by atoms with Crippen molar-refractivity contribution >= 4 is 5.91 Å². The zero-order valence-corrected chi connectivity index (χ0v) is 37.0. The molecule has 7 N–H and O–H groups in total. The number of aliphatic hydroxyl groups is 6. The highest BCUT2D eigenvalue weighted by atomic mass is 16.7. The average molecular weight is 816 g/mol. The molecule has 1 fully saturated rings. The van der Waals surface area contributed by atoms with Crippen LogP contribution in [-0.2, 0) is 14.3 Å². The zero-order chi connectivity index (χ0) is 41.8. The molecular formula is C47H93NO9. The smallest absolute Gasteiger partial charge is 0.220 e. The second kappa shape index (κ2) is 38.1. The fourth-order valence-electron chi connectivity index (χ4n) is 8.08. The van der Waals surface area contributed by atoms with E-state index in [2.05, 4.69) is 19.2 Å². The molecule has 0 aromatic rings. The standard InChI is InChI=1S/C47H93NO9/c1-3-5-7-9-11-13-14-15-16-17-18-19-20-21-22-23-24-25-26-28-30-32-34-36-42(51)48-39(38-56-47-46(55)45(54)44(53)41(37-49)57-47)43(52)40(50)35-33-31-29-27-12-10-8-6-4-2/h39-41,43-47,49-50,52-55H,3-38H2,1-2H3,(H,48,51)/t39-,40+,41+,43-,44-,45?,46?,47+/m0/s1. The van der Waals surface area contributed by atoms with E-state index in [4.69, 9.17) is 9.47 Å². The first-order chi connectivity index (χ1) is 27.8. The SMILES string of the molecule is CCCCCCCCCCCCCCCCCCCCCCCCCC(=O)N[C@@H](CO[C@@H]1O[C@H](CO)[C@H](O)C(O)C1O)[C@H](O)[C@H](O)CCCCCCCCCCC. The van der Waals surface area contributed by atoms with Gasteiger partial charge in [-0.15, -0.1) is 0 Å². The third-order valence-corrected chi connectivity index (χ3v) is 12.1. The lowest BCUT2D eigenvalue weighted by molar-refractivity contribution is -0.303. The molecule has 1 aliphatic rings. The normalized spacial score (nSPS) is 21.4. The minimum absolute atomic E-state index is 0.254. The van der Waals surface area contributed by atoms with Crippen molar-refractivity contribution in [3.63, 3.8) is 0 Å². The molecule has 1 aliphatic heterocycles. The van der Waals surface area contributed by atoms with E-state index >= 15 is 0 Å². The molecule has 0 bridgehead atoms. The Morgan fingerprint density at radius 1 is 0.544 bits per heavy atom. The van der Waals surface area contributed by atoms with Crippen LogP contribution in [0.1, 0.15) is 232 Å². The third kappa shape index (κ3) is 28.3. The van der Waals surface area contributed by atoms with Crippen molar-refractivity contribution in [1.82, 2.24) is 5.32 Å². The lowest BCUT2D eigenvalue weighted by Crippen LogP contribution is -2.60. The van der Waals surface area contributed by atoms with Crippen molar-refractivity contribution in [3.8, 4) is 0 Å². The predicted octanol–water partition coefficient (Wildman–Crippen LogP) is 9.31. The van der Waals surface area contributed by atoms with Gasteiger partial charge >= 0.3 is 0 Å². The topological polar surface area (TPSA) is 169 Å². The first-order valence-corrected chi connectivity index (χ1v) is 24.3. The fourth-order valence-corrected chi connectivity index (χ4v) is 8.08. The number of carbonyl (C=O) groups is 1. The van der Waals surface area contributed by atoms with Gasteiger partial charge in [-0.25, -0.2) is 0 Å². The molecule has 8 atom stereocenters. The van der Waals surface area contributed by atoms with Gasteiger partial charge in [-0.05, 0) is 12.8 Å². The van der Waals surface area contributed by atoms with E-state index < -0.39 is 55.6 Å². The van der Waals surface area contributed by atoms with Crippen molar-refractivity contribution in [2.24, 2.45) is 0 Å². The van der Waals surface area contributed by atoms with E-state index in [1.54, 1.807) is 0 Å². The lowest BCUT2D eigenvalue weighted by Gasteiger charge is -2.40. The van der Waals surface area contributed by atoms with Crippen LogP contribution >= 0.6 is 0 Å². The molecule has 1 amide bonds. The summed E-state index contributed by atoms with van der Waals surface area (Å²) in [4.78, 5) is 13.0. The Balaban J connectivity index is 2.25. The van der Waals surface area contributed by atoms with Crippen LogP contribution in [0.5, 0.6) is 0 Å². The van der Waals surface area contributed by atoms with Gasteiger partial charge in [-0.1, -0.05) is 213 Å². The van der Waals surface area contributed by atoms with E-state index in [1.165, 1.54) is 161 Å². The largest absolute Gasteiger partial charge is 0.394 e. The number of amides is 1. The molecule has 0 aromatic carbocycles. The van der Waals surface area contributed by atoms with Gasteiger partial charge in [0.25, 0.3) is 0 Å². The molecule has 0 saturated carbocycles. The Kier molecular flexibility index (Phi) is 36.2.